The topological polar surface area (TPSA) is 45.8 Å². The van der Waals surface area contributed by atoms with Crippen LogP contribution >= 0.6 is 15.9 Å². The molecule has 0 spiro atoms. The third-order valence-corrected chi connectivity index (χ3v) is 3.75. The quantitative estimate of drug-likeness (QED) is 0.777. The molecule has 3 rings (SSSR count). The van der Waals surface area contributed by atoms with Gasteiger partial charge in [-0.15, -0.1) is 0 Å². The Hall–Kier alpha value is -2.20. The van der Waals surface area contributed by atoms with Crippen LogP contribution in [0.2, 0.25) is 0 Å². The second-order valence-electron chi connectivity index (χ2n) is 4.31. The number of H-pyrrole nitrogens is 1. The van der Waals surface area contributed by atoms with Gasteiger partial charge in [0.05, 0.1) is 15.9 Å². The molecule has 0 fully saturated rings. The first kappa shape index (κ1) is 12.8. The summed E-state index contributed by atoms with van der Waals surface area (Å²) in [4.78, 5) is 18.7. The molecule has 3 nitrogen and oxygen atoms in total. The Labute approximate surface area is 124 Å². The minimum Gasteiger partial charge on any atom is -0.304 e. The molecule has 0 unspecified atom stereocenters. The predicted molar refractivity (Wildman–Crippen MR) is 83.4 cm³/mol. The van der Waals surface area contributed by atoms with E-state index < -0.39 is 0 Å². The highest BCUT2D eigenvalue weighted by Gasteiger charge is 2.12. The van der Waals surface area contributed by atoms with Crippen LogP contribution < -0.4 is 5.69 Å². The summed E-state index contributed by atoms with van der Waals surface area (Å²) in [6.45, 7) is 0. The molecule has 0 radical (unpaired) electrons. The first-order chi connectivity index (χ1) is 9.75. The smallest absolute Gasteiger partial charge is 0.304 e. The maximum atomic E-state index is 11.8. The summed E-state index contributed by atoms with van der Waals surface area (Å²) in [6, 6.07) is 19.3. The van der Waals surface area contributed by atoms with Crippen molar-refractivity contribution in [1.82, 2.24) is 9.97 Å². The van der Waals surface area contributed by atoms with Crippen molar-refractivity contribution in [3.05, 3.63) is 75.6 Å². The molecule has 1 aromatic heterocycles. The number of rotatable bonds is 2. The van der Waals surface area contributed by atoms with Crippen molar-refractivity contribution < 1.29 is 0 Å². The van der Waals surface area contributed by atoms with Crippen molar-refractivity contribution in [3.8, 4) is 22.5 Å². The Morgan fingerprint density at radius 1 is 0.850 bits per heavy atom. The van der Waals surface area contributed by atoms with Crippen LogP contribution in [0.5, 0.6) is 0 Å². The Morgan fingerprint density at radius 2 is 1.40 bits per heavy atom. The molecule has 0 aliphatic carbocycles. The van der Waals surface area contributed by atoms with E-state index in [2.05, 4.69) is 25.9 Å². The number of aromatic amines is 1. The van der Waals surface area contributed by atoms with E-state index in [1.807, 2.05) is 60.7 Å². The van der Waals surface area contributed by atoms with Gasteiger partial charge in [0.1, 0.15) is 0 Å². The molecule has 0 saturated heterocycles. The van der Waals surface area contributed by atoms with Gasteiger partial charge in [-0.25, -0.2) is 4.79 Å². The molecule has 4 heteroatoms. The van der Waals surface area contributed by atoms with Crippen LogP contribution in [0, 0.1) is 0 Å². The second kappa shape index (κ2) is 5.43. The summed E-state index contributed by atoms with van der Waals surface area (Å²) in [6.07, 6.45) is 0. The molecule has 0 atom stereocenters. The third-order valence-electron chi connectivity index (χ3n) is 2.98. The highest BCUT2D eigenvalue weighted by Crippen LogP contribution is 2.32. The third kappa shape index (κ3) is 2.42. The predicted octanol–water partition coefficient (Wildman–Crippen LogP) is 3.87. The van der Waals surface area contributed by atoms with Gasteiger partial charge in [-0.3, -0.25) is 0 Å². The normalized spacial score (nSPS) is 10.4. The lowest BCUT2D eigenvalue weighted by atomic mass is 10.1. The molecule has 1 N–H and O–H groups in total. The maximum absolute atomic E-state index is 11.8. The second-order valence-corrected chi connectivity index (χ2v) is 5.10. The lowest BCUT2D eigenvalue weighted by Crippen LogP contribution is -2.13. The molecule has 2 aromatic carbocycles. The molecule has 0 aliphatic heterocycles. The standard InChI is InChI=1S/C16H11BrN2O/c17-13-14(11-7-3-1-4-8-11)18-16(20)19-15(13)12-9-5-2-6-10-12/h1-10H,(H,18,19,20). The number of hydrogen-bond donors (Lipinski definition) is 1. The fraction of sp³-hybridized carbons (Fsp3) is 0. The van der Waals surface area contributed by atoms with Crippen LogP contribution in [-0.2, 0) is 0 Å². The highest BCUT2D eigenvalue weighted by molar-refractivity contribution is 9.10. The van der Waals surface area contributed by atoms with E-state index >= 15 is 0 Å². The van der Waals surface area contributed by atoms with Gasteiger partial charge in [0.15, 0.2) is 0 Å². The molecule has 98 valence electrons. The minimum absolute atomic E-state index is 0.356. The molecule has 20 heavy (non-hydrogen) atoms. The summed E-state index contributed by atoms with van der Waals surface area (Å²) in [7, 11) is 0. The van der Waals surface area contributed by atoms with Crippen molar-refractivity contribution in [2.45, 2.75) is 0 Å². The molecule has 1 heterocycles. The molecule has 0 amide bonds. The van der Waals surface area contributed by atoms with Gasteiger partial charge in [0, 0.05) is 5.56 Å². The van der Waals surface area contributed by atoms with E-state index in [4.69, 9.17) is 0 Å². The van der Waals surface area contributed by atoms with E-state index in [9.17, 15) is 4.79 Å². The summed E-state index contributed by atoms with van der Waals surface area (Å²) >= 11 is 3.56. The number of halogens is 1. The molecule has 0 saturated carbocycles. The number of benzene rings is 2. The van der Waals surface area contributed by atoms with Crippen LogP contribution in [0.25, 0.3) is 22.5 Å². The van der Waals surface area contributed by atoms with Crippen molar-refractivity contribution in [2.24, 2.45) is 0 Å². The fourth-order valence-electron chi connectivity index (χ4n) is 2.05. The maximum Gasteiger partial charge on any atom is 0.346 e. The average Bonchev–Trinajstić information content (AvgIpc) is 2.51. The average molecular weight is 327 g/mol. The zero-order valence-electron chi connectivity index (χ0n) is 10.5. The van der Waals surface area contributed by atoms with Gasteiger partial charge in [0.25, 0.3) is 0 Å². The number of nitrogens with one attached hydrogen (secondary N) is 1. The molecular weight excluding hydrogens is 316 g/mol. The van der Waals surface area contributed by atoms with E-state index in [1.165, 1.54) is 0 Å². The Kier molecular flexibility index (Phi) is 3.48. The van der Waals surface area contributed by atoms with Crippen LogP contribution in [0.3, 0.4) is 0 Å². The van der Waals surface area contributed by atoms with Crippen LogP contribution in [-0.4, -0.2) is 9.97 Å². The van der Waals surface area contributed by atoms with E-state index in [0.29, 0.717) is 5.69 Å². The zero-order chi connectivity index (χ0) is 13.9. The van der Waals surface area contributed by atoms with E-state index in [1.54, 1.807) is 0 Å². The summed E-state index contributed by atoms with van der Waals surface area (Å²) in [5, 5.41) is 0. The van der Waals surface area contributed by atoms with Crippen molar-refractivity contribution >= 4 is 15.9 Å². The fourth-order valence-corrected chi connectivity index (χ4v) is 2.70. The van der Waals surface area contributed by atoms with Gasteiger partial charge in [-0.2, -0.15) is 4.98 Å². The van der Waals surface area contributed by atoms with Crippen LogP contribution in [0.1, 0.15) is 0 Å². The summed E-state index contributed by atoms with van der Waals surface area (Å²) < 4.78 is 0.787. The lowest BCUT2D eigenvalue weighted by Gasteiger charge is -2.08. The van der Waals surface area contributed by atoms with Crippen molar-refractivity contribution in [3.63, 3.8) is 0 Å². The van der Waals surface area contributed by atoms with Crippen molar-refractivity contribution in [2.75, 3.05) is 0 Å². The van der Waals surface area contributed by atoms with E-state index in [0.717, 1.165) is 21.3 Å². The first-order valence-electron chi connectivity index (χ1n) is 6.16. The monoisotopic (exact) mass is 326 g/mol. The Balaban J connectivity index is 2.24. The Bertz CT molecular complexity index is 719. The van der Waals surface area contributed by atoms with Crippen LogP contribution in [0.15, 0.2) is 69.9 Å². The SMILES string of the molecule is O=c1nc(-c2ccccc2)c(Br)c(-c2ccccc2)[nH]1. The van der Waals surface area contributed by atoms with Crippen LogP contribution in [0.4, 0.5) is 0 Å². The van der Waals surface area contributed by atoms with Gasteiger partial charge in [-0.05, 0) is 21.5 Å². The summed E-state index contributed by atoms with van der Waals surface area (Å²) in [5.41, 5.74) is 2.88. The van der Waals surface area contributed by atoms with E-state index in [-0.39, 0.29) is 5.69 Å². The molecule has 3 aromatic rings. The molecule has 0 bridgehead atoms. The van der Waals surface area contributed by atoms with Gasteiger partial charge in [0.2, 0.25) is 0 Å². The number of aromatic nitrogens is 2. The zero-order valence-corrected chi connectivity index (χ0v) is 12.1. The first-order valence-corrected chi connectivity index (χ1v) is 6.95. The van der Waals surface area contributed by atoms with Gasteiger partial charge in [-0.1, -0.05) is 60.7 Å². The molecular formula is C16H11BrN2O. The summed E-state index contributed by atoms with van der Waals surface area (Å²) in [5.74, 6) is 0. The van der Waals surface area contributed by atoms with Crippen molar-refractivity contribution in [1.29, 1.82) is 0 Å². The minimum atomic E-state index is -0.356. The highest BCUT2D eigenvalue weighted by atomic mass is 79.9. The number of hydrogen-bond acceptors (Lipinski definition) is 2. The van der Waals surface area contributed by atoms with Gasteiger partial charge >= 0.3 is 5.69 Å². The number of nitrogens with zero attached hydrogens (tertiary/aromatic N) is 1. The Morgan fingerprint density at radius 3 is 2.00 bits per heavy atom. The lowest BCUT2D eigenvalue weighted by molar-refractivity contribution is 1.07. The largest absolute Gasteiger partial charge is 0.346 e. The van der Waals surface area contributed by atoms with Gasteiger partial charge < -0.3 is 4.98 Å². The molecule has 0 aliphatic rings.